The van der Waals surface area contributed by atoms with Crippen LogP contribution in [0.1, 0.15) is 119 Å². The molecule has 0 aromatic carbocycles. The summed E-state index contributed by atoms with van der Waals surface area (Å²) in [6.45, 7) is 16.0. The first-order valence-electron chi connectivity index (χ1n) is 12.2. The molecular weight excluding hydrogens is 312 g/mol. The van der Waals surface area contributed by atoms with Crippen LogP contribution >= 0.6 is 0 Å². The van der Waals surface area contributed by atoms with Gasteiger partial charge in [-0.1, -0.05) is 73.6 Å². The molecule has 4 saturated carbocycles. The molecule has 4 rings (SSSR count). The maximum Gasteiger partial charge on any atom is -0.0238 e. The topological polar surface area (TPSA) is 0 Å². The fourth-order valence-electron chi connectivity index (χ4n) is 9.47. The van der Waals surface area contributed by atoms with Gasteiger partial charge in [0.1, 0.15) is 0 Å². The van der Waals surface area contributed by atoms with Crippen LogP contribution in [0.2, 0.25) is 0 Å². The molecule has 0 heterocycles. The molecule has 0 heteroatoms. The van der Waals surface area contributed by atoms with Crippen LogP contribution in [0, 0.1) is 45.3 Å². The molecule has 4 aliphatic rings. The molecule has 0 saturated heterocycles. The van der Waals surface area contributed by atoms with E-state index in [9.17, 15) is 0 Å². The summed E-state index contributed by atoms with van der Waals surface area (Å²) in [5.41, 5.74) is 2.43. The quantitative estimate of drug-likeness (QED) is 0.442. The molecule has 150 valence electrons. The van der Waals surface area contributed by atoms with Gasteiger partial charge in [0, 0.05) is 0 Å². The van der Waals surface area contributed by atoms with E-state index in [1.807, 2.05) is 0 Å². The van der Waals surface area contributed by atoms with Crippen LogP contribution < -0.4 is 0 Å². The largest absolute Gasteiger partial charge is 0.0651 e. The molecule has 0 radical (unpaired) electrons. The third-order valence-corrected chi connectivity index (χ3v) is 11.6. The lowest BCUT2D eigenvalue weighted by Gasteiger charge is -2.70. The Morgan fingerprint density at radius 2 is 1.50 bits per heavy atom. The highest BCUT2D eigenvalue weighted by molar-refractivity contribution is 5.14. The zero-order valence-electron chi connectivity index (χ0n) is 18.8. The number of fused-ring (bicyclic) bond motifs is 5. The van der Waals surface area contributed by atoms with E-state index in [2.05, 4.69) is 41.5 Å². The van der Waals surface area contributed by atoms with Gasteiger partial charge in [-0.25, -0.2) is 0 Å². The predicted molar refractivity (Wildman–Crippen MR) is 113 cm³/mol. The first-order chi connectivity index (χ1) is 12.2. The first-order valence-corrected chi connectivity index (χ1v) is 12.2. The monoisotopic (exact) mass is 358 g/mol. The molecular formula is C26H46. The average molecular weight is 359 g/mol. The Labute approximate surface area is 164 Å². The molecule has 0 bridgehead atoms. The van der Waals surface area contributed by atoms with Gasteiger partial charge >= 0.3 is 0 Å². The molecule has 0 spiro atoms. The van der Waals surface area contributed by atoms with E-state index in [1.54, 1.807) is 0 Å². The van der Waals surface area contributed by atoms with E-state index < -0.39 is 0 Å². The highest BCUT2D eigenvalue weighted by atomic mass is 14.7. The minimum Gasteiger partial charge on any atom is -0.0651 e. The van der Waals surface area contributed by atoms with Gasteiger partial charge in [-0.2, -0.15) is 0 Å². The van der Waals surface area contributed by atoms with Gasteiger partial charge in [0.05, 0.1) is 0 Å². The number of rotatable bonds is 1. The lowest BCUT2D eigenvalue weighted by molar-refractivity contribution is -0.207. The fourth-order valence-corrected chi connectivity index (χ4v) is 9.47. The Hall–Kier alpha value is 0. The van der Waals surface area contributed by atoms with Crippen molar-refractivity contribution >= 4 is 0 Å². The summed E-state index contributed by atoms with van der Waals surface area (Å²) in [5.74, 6) is 3.91. The Morgan fingerprint density at radius 1 is 0.731 bits per heavy atom. The fraction of sp³-hybridized carbons (Fsp3) is 1.00. The summed E-state index contributed by atoms with van der Waals surface area (Å²) in [5, 5.41) is 0. The van der Waals surface area contributed by atoms with Crippen LogP contribution in [0.3, 0.4) is 0 Å². The highest BCUT2D eigenvalue weighted by Gasteiger charge is 2.65. The normalized spacial score (nSPS) is 57.5. The SMILES string of the molecule is CC[C@H]1CCC[C@]2(C)[C@H]3CC[C@@]4(C)[C@@H](CCC[C@H]4C)[C@]3(C)CC[C@]2(C)C1. The van der Waals surface area contributed by atoms with Crippen molar-refractivity contribution < 1.29 is 0 Å². The number of hydrogen-bond acceptors (Lipinski definition) is 0. The van der Waals surface area contributed by atoms with Crippen LogP contribution in [0.5, 0.6) is 0 Å². The van der Waals surface area contributed by atoms with E-state index in [1.165, 1.54) is 77.0 Å². The van der Waals surface area contributed by atoms with Gasteiger partial charge < -0.3 is 0 Å². The standard InChI is InChI=1S/C26H46/c1-7-20-11-9-14-26(6)22-13-15-24(4)19(2)10-8-12-21(24)25(22,5)17-16-23(26,3)18-20/h19-22H,7-18H2,1-6H3/t19-,20+,21-,22+,23-,24-,25+,26-/m1/s1. The summed E-state index contributed by atoms with van der Waals surface area (Å²) in [6, 6.07) is 0. The van der Waals surface area contributed by atoms with Crippen molar-refractivity contribution in [2.75, 3.05) is 0 Å². The molecule has 8 atom stereocenters. The van der Waals surface area contributed by atoms with E-state index >= 15 is 0 Å². The maximum atomic E-state index is 2.77. The third kappa shape index (κ3) is 2.45. The van der Waals surface area contributed by atoms with Crippen molar-refractivity contribution in [2.45, 2.75) is 119 Å². The minimum absolute atomic E-state index is 0.589. The Balaban J connectivity index is 1.72. The molecule has 26 heavy (non-hydrogen) atoms. The summed E-state index contributed by atoms with van der Waals surface area (Å²) in [6.07, 6.45) is 18.0. The van der Waals surface area contributed by atoms with Crippen molar-refractivity contribution in [1.29, 1.82) is 0 Å². The van der Waals surface area contributed by atoms with Crippen LogP contribution in [0.25, 0.3) is 0 Å². The zero-order valence-corrected chi connectivity index (χ0v) is 18.8. The molecule has 0 aliphatic heterocycles. The second-order valence-corrected chi connectivity index (χ2v) is 12.3. The predicted octanol–water partition coefficient (Wildman–Crippen LogP) is 8.25. The lowest BCUT2D eigenvalue weighted by Crippen LogP contribution is -2.62. The highest BCUT2D eigenvalue weighted by Crippen LogP contribution is 2.74. The number of hydrogen-bond donors (Lipinski definition) is 0. The van der Waals surface area contributed by atoms with Crippen molar-refractivity contribution in [3.05, 3.63) is 0 Å². The Bertz CT molecular complexity index is 536. The summed E-state index contributed by atoms with van der Waals surface area (Å²) >= 11 is 0. The van der Waals surface area contributed by atoms with Crippen LogP contribution in [-0.4, -0.2) is 0 Å². The zero-order chi connectivity index (χ0) is 18.8. The van der Waals surface area contributed by atoms with Crippen molar-refractivity contribution in [3.8, 4) is 0 Å². The van der Waals surface area contributed by atoms with Gasteiger partial charge in [-0.05, 0) is 90.3 Å². The van der Waals surface area contributed by atoms with Gasteiger partial charge in [-0.15, -0.1) is 0 Å². The second-order valence-electron chi connectivity index (χ2n) is 12.3. The van der Waals surface area contributed by atoms with E-state index in [-0.39, 0.29) is 0 Å². The molecule has 0 N–H and O–H groups in total. The smallest absolute Gasteiger partial charge is 0.0238 e. The Morgan fingerprint density at radius 3 is 2.23 bits per heavy atom. The second kappa shape index (κ2) is 6.25. The third-order valence-electron chi connectivity index (χ3n) is 11.6. The van der Waals surface area contributed by atoms with Gasteiger partial charge in [0.15, 0.2) is 0 Å². The van der Waals surface area contributed by atoms with Gasteiger partial charge in [0.2, 0.25) is 0 Å². The summed E-state index contributed by atoms with van der Waals surface area (Å²) < 4.78 is 0. The maximum absolute atomic E-state index is 2.77. The molecule has 4 aliphatic carbocycles. The van der Waals surface area contributed by atoms with Gasteiger partial charge in [-0.3, -0.25) is 0 Å². The molecule has 0 aromatic heterocycles. The Kier molecular flexibility index (Phi) is 4.64. The molecule has 0 aromatic rings. The molecule has 4 fully saturated rings. The van der Waals surface area contributed by atoms with E-state index in [0.29, 0.717) is 21.7 Å². The first kappa shape index (κ1) is 19.3. The van der Waals surface area contributed by atoms with E-state index in [0.717, 1.165) is 23.7 Å². The van der Waals surface area contributed by atoms with Gasteiger partial charge in [0.25, 0.3) is 0 Å². The summed E-state index contributed by atoms with van der Waals surface area (Å²) in [7, 11) is 0. The van der Waals surface area contributed by atoms with Crippen LogP contribution in [-0.2, 0) is 0 Å². The molecule has 0 unspecified atom stereocenters. The molecule has 0 amide bonds. The minimum atomic E-state index is 0.589. The van der Waals surface area contributed by atoms with Crippen molar-refractivity contribution in [3.63, 3.8) is 0 Å². The average Bonchev–Trinajstić information content (AvgIpc) is 2.73. The summed E-state index contributed by atoms with van der Waals surface area (Å²) in [4.78, 5) is 0. The molecule has 0 nitrogen and oxygen atoms in total. The van der Waals surface area contributed by atoms with Crippen molar-refractivity contribution in [1.82, 2.24) is 0 Å². The lowest BCUT2D eigenvalue weighted by atomic mass is 9.35. The van der Waals surface area contributed by atoms with Crippen LogP contribution in [0.15, 0.2) is 0 Å². The van der Waals surface area contributed by atoms with E-state index in [4.69, 9.17) is 0 Å². The van der Waals surface area contributed by atoms with Crippen LogP contribution in [0.4, 0.5) is 0 Å². The van der Waals surface area contributed by atoms with Crippen molar-refractivity contribution in [2.24, 2.45) is 45.3 Å².